The maximum absolute atomic E-state index is 12.2. The number of hydrogen-bond donors (Lipinski definition) is 2. The summed E-state index contributed by atoms with van der Waals surface area (Å²) in [4.78, 5) is 4.84. The van der Waals surface area contributed by atoms with Crippen molar-refractivity contribution in [1.29, 1.82) is 0 Å². The van der Waals surface area contributed by atoms with E-state index in [1.807, 2.05) is 34.9 Å². The summed E-state index contributed by atoms with van der Waals surface area (Å²) in [5, 5.41) is 11.5. The fourth-order valence-corrected chi connectivity index (χ4v) is 4.88. The number of sulfonamides is 1. The van der Waals surface area contributed by atoms with Gasteiger partial charge < -0.3 is 5.11 Å². The van der Waals surface area contributed by atoms with Crippen LogP contribution in [0, 0.1) is 0 Å². The van der Waals surface area contributed by atoms with E-state index in [4.69, 9.17) is 23.2 Å². The lowest BCUT2D eigenvalue weighted by molar-refractivity contribution is 0.0743. The van der Waals surface area contributed by atoms with Crippen molar-refractivity contribution in [3.8, 4) is 28.2 Å². The molecule has 0 atom stereocenters. The Labute approximate surface area is 208 Å². The summed E-state index contributed by atoms with van der Waals surface area (Å²) in [6, 6.07) is 19.5. The molecule has 176 valence electrons. The largest absolute Gasteiger partial charge is 0.384 e. The predicted octanol–water partition coefficient (Wildman–Crippen LogP) is 5.65. The summed E-state index contributed by atoms with van der Waals surface area (Å²) < 4.78 is 28.5. The van der Waals surface area contributed by atoms with E-state index in [1.54, 1.807) is 56.4 Å². The number of rotatable bonds is 6. The fraction of sp³-hybridized carbons (Fsp3) is 0.160. The Morgan fingerprint density at radius 3 is 2.15 bits per heavy atom. The third-order valence-electron chi connectivity index (χ3n) is 5.41. The Balaban J connectivity index is 1.81. The maximum Gasteiger partial charge on any atom is 0.240 e. The summed E-state index contributed by atoms with van der Waals surface area (Å²) >= 11 is 12.9. The van der Waals surface area contributed by atoms with Crippen molar-refractivity contribution in [3.63, 3.8) is 0 Å². The molecule has 1 heterocycles. The van der Waals surface area contributed by atoms with E-state index < -0.39 is 15.6 Å². The van der Waals surface area contributed by atoms with Crippen LogP contribution in [0.5, 0.6) is 0 Å². The summed E-state index contributed by atoms with van der Waals surface area (Å²) in [6.07, 6.45) is 1.75. The van der Waals surface area contributed by atoms with E-state index in [2.05, 4.69) is 9.71 Å². The molecule has 0 aliphatic heterocycles. The van der Waals surface area contributed by atoms with E-state index in [1.165, 1.54) is 7.05 Å². The van der Waals surface area contributed by atoms with E-state index >= 15 is 0 Å². The molecule has 0 amide bonds. The van der Waals surface area contributed by atoms with E-state index in [-0.39, 0.29) is 4.90 Å². The average Bonchev–Trinajstić information content (AvgIpc) is 3.25. The van der Waals surface area contributed by atoms with Crippen LogP contribution in [-0.2, 0) is 15.6 Å². The van der Waals surface area contributed by atoms with Gasteiger partial charge in [-0.1, -0.05) is 53.5 Å². The normalized spacial score (nSPS) is 12.2. The molecule has 6 nitrogen and oxygen atoms in total. The lowest BCUT2D eigenvalue weighted by atomic mass is 10.1. The number of imidazole rings is 1. The molecular weight excluding hydrogens is 493 g/mol. The Morgan fingerprint density at radius 1 is 0.941 bits per heavy atom. The average molecular weight is 516 g/mol. The van der Waals surface area contributed by atoms with Gasteiger partial charge in [0.2, 0.25) is 10.0 Å². The van der Waals surface area contributed by atoms with Crippen LogP contribution in [0.3, 0.4) is 0 Å². The highest BCUT2D eigenvalue weighted by Gasteiger charge is 2.25. The molecule has 0 radical (unpaired) electrons. The lowest BCUT2D eigenvalue weighted by Crippen LogP contribution is -2.18. The van der Waals surface area contributed by atoms with Gasteiger partial charge in [0, 0.05) is 11.9 Å². The van der Waals surface area contributed by atoms with Gasteiger partial charge in [-0.2, -0.15) is 0 Å². The van der Waals surface area contributed by atoms with Crippen LogP contribution in [0.1, 0.15) is 19.5 Å². The first kappa shape index (κ1) is 24.4. The molecule has 34 heavy (non-hydrogen) atoms. The van der Waals surface area contributed by atoms with Crippen molar-refractivity contribution in [1.82, 2.24) is 14.3 Å². The van der Waals surface area contributed by atoms with Crippen LogP contribution in [0.25, 0.3) is 28.2 Å². The summed E-state index contributed by atoms with van der Waals surface area (Å²) in [7, 11) is -2.16. The quantitative estimate of drug-likeness (QED) is 0.347. The molecule has 4 rings (SSSR count). The number of aromatic nitrogens is 2. The van der Waals surface area contributed by atoms with Gasteiger partial charge in [0.25, 0.3) is 0 Å². The minimum absolute atomic E-state index is 0.191. The van der Waals surface area contributed by atoms with Crippen LogP contribution < -0.4 is 4.72 Å². The SMILES string of the molecule is CNS(=O)(=O)c1cccc(-c2ccc(-n3cc(C(C)(C)O)nc3-c3c(Cl)cccc3Cl)cc2)c1. The molecule has 9 heteroatoms. The third kappa shape index (κ3) is 4.76. The molecule has 0 saturated carbocycles. The lowest BCUT2D eigenvalue weighted by Gasteiger charge is -2.13. The highest BCUT2D eigenvalue weighted by molar-refractivity contribution is 7.89. The number of hydrogen-bond acceptors (Lipinski definition) is 4. The molecule has 1 aromatic heterocycles. The van der Waals surface area contributed by atoms with Crippen LogP contribution >= 0.6 is 23.2 Å². The number of nitrogens with zero attached hydrogens (tertiary/aromatic N) is 2. The van der Waals surface area contributed by atoms with Crippen molar-refractivity contribution < 1.29 is 13.5 Å². The monoisotopic (exact) mass is 515 g/mol. The van der Waals surface area contributed by atoms with E-state index in [0.29, 0.717) is 27.1 Å². The molecule has 4 aromatic rings. The number of aliphatic hydroxyl groups is 1. The third-order valence-corrected chi connectivity index (χ3v) is 7.45. The molecule has 0 bridgehead atoms. The number of halogens is 2. The Hall–Kier alpha value is -2.68. The fourth-order valence-electron chi connectivity index (χ4n) is 3.53. The van der Waals surface area contributed by atoms with Crippen LogP contribution in [0.2, 0.25) is 10.0 Å². The molecule has 0 saturated heterocycles. The van der Waals surface area contributed by atoms with E-state index in [0.717, 1.165) is 16.8 Å². The van der Waals surface area contributed by atoms with E-state index in [9.17, 15) is 13.5 Å². The van der Waals surface area contributed by atoms with Crippen LogP contribution in [-0.4, -0.2) is 30.1 Å². The Bertz CT molecular complexity index is 1440. The van der Waals surface area contributed by atoms with Crippen LogP contribution in [0.15, 0.2) is 77.8 Å². The molecule has 3 aromatic carbocycles. The topological polar surface area (TPSA) is 84.2 Å². The summed E-state index contributed by atoms with van der Waals surface area (Å²) in [6.45, 7) is 3.32. The highest BCUT2D eigenvalue weighted by atomic mass is 35.5. The first-order chi connectivity index (χ1) is 16.0. The van der Waals surface area contributed by atoms with Gasteiger partial charge >= 0.3 is 0 Å². The van der Waals surface area contributed by atoms with Crippen molar-refractivity contribution in [3.05, 3.63) is 88.7 Å². The van der Waals surface area contributed by atoms with Gasteiger partial charge in [0.1, 0.15) is 11.4 Å². The van der Waals surface area contributed by atoms with Crippen molar-refractivity contribution in [2.75, 3.05) is 7.05 Å². The summed E-state index contributed by atoms with van der Waals surface area (Å²) in [5.41, 5.74) is 2.24. The highest BCUT2D eigenvalue weighted by Crippen LogP contribution is 2.37. The van der Waals surface area contributed by atoms with Gasteiger partial charge in [-0.25, -0.2) is 18.1 Å². The molecule has 0 spiro atoms. The molecule has 0 fully saturated rings. The zero-order valence-corrected chi connectivity index (χ0v) is 21.1. The summed E-state index contributed by atoms with van der Waals surface area (Å²) in [5.74, 6) is 0.502. The van der Waals surface area contributed by atoms with Gasteiger partial charge in [0.05, 0.1) is 26.2 Å². The van der Waals surface area contributed by atoms with Crippen molar-refractivity contribution in [2.24, 2.45) is 0 Å². The predicted molar refractivity (Wildman–Crippen MR) is 136 cm³/mol. The standard InChI is InChI=1S/C25H23Cl2N3O3S/c1-25(2,31)22-15-30(24(29-22)23-20(26)8-5-9-21(23)27)18-12-10-16(11-13-18)17-6-4-7-19(14-17)34(32,33)28-3/h4-15,28,31H,1-3H3. The molecule has 2 N–H and O–H groups in total. The Kier molecular flexibility index (Phi) is 6.59. The maximum atomic E-state index is 12.2. The van der Waals surface area contributed by atoms with Gasteiger partial charge in [-0.3, -0.25) is 4.57 Å². The second-order valence-electron chi connectivity index (χ2n) is 8.26. The van der Waals surface area contributed by atoms with Gasteiger partial charge in [0.15, 0.2) is 0 Å². The number of benzene rings is 3. The minimum Gasteiger partial charge on any atom is -0.384 e. The smallest absolute Gasteiger partial charge is 0.240 e. The van der Waals surface area contributed by atoms with Gasteiger partial charge in [-0.15, -0.1) is 0 Å². The number of nitrogens with one attached hydrogen (secondary N) is 1. The second kappa shape index (κ2) is 9.17. The molecule has 0 unspecified atom stereocenters. The first-order valence-electron chi connectivity index (χ1n) is 10.4. The second-order valence-corrected chi connectivity index (χ2v) is 11.0. The van der Waals surface area contributed by atoms with Gasteiger partial charge in [-0.05, 0) is 68.4 Å². The van der Waals surface area contributed by atoms with Crippen LogP contribution in [0.4, 0.5) is 0 Å². The molecule has 0 aliphatic rings. The van der Waals surface area contributed by atoms with Crippen molar-refractivity contribution in [2.45, 2.75) is 24.3 Å². The zero-order valence-electron chi connectivity index (χ0n) is 18.8. The zero-order chi connectivity index (χ0) is 24.7. The molecule has 0 aliphatic carbocycles. The Morgan fingerprint density at radius 2 is 1.56 bits per heavy atom. The molecular formula is C25H23Cl2N3O3S. The first-order valence-corrected chi connectivity index (χ1v) is 12.7. The van der Waals surface area contributed by atoms with Crippen molar-refractivity contribution >= 4 is 33.2 Å². The minimum atomic E-state index is -3.55.